The van der Waals surface area contributed by atoms with Gasteiger partial charge in [-0.05, 0) is 47.9 Å². The van der Waals surface area contributed by atoms with Crippen LogP contribution in [0, 0.1) is 5.92 Å². The monoisotopic (exact) mass is 390 g/mol. The van der Waals surface area contributed by atoms with E-state index in [1.54, 1.807) is 0 Å². The highest BCUT2D eigenvalue weighted by molar-refractivity contribution is 5.99. The van der Waals surface area contributed by atoms with Crippen LogP contribution in [0.5, 0.6) is 5.75 Å². The van der Waals surface area contributed by atoms with Gasteiger partial charge in [0.15, 0.2) is 5.82 Å². The fourth-order valence-corrected chi connectivity index (χ4v) is 3.87. The van der Waals surface area contributed by atoms with E-state index < -0.39 is 0 Å². The van der Waals surface area contributed by atoms with Gasteiger partial charge in [0.1, 0.15) is 5.75 Å². The fourth-order valence-electron chi connectivity index (χ4n) is 3.87. The van der Waals surface area contributed by atoms with Crippen LogP contribution in [0.2, 0.25) is 0 Å². The molecule has 152 valence electrons. The molecule has 1 aliphatic carbocycles. The summed E-state index contributed by atoms with van der Waals surface area (Å²) in [5.41, 5.74) is 4.01. The van der Waals surface area contributed by atoms with Crippen LogP contribution in [0.1, 0.15) is 76.1 Å². The molecule has 0 amide bonds. The second-order valence-corrected chi connectivity index (χ2v) is 10.3. The fraction of sp³-hybridized carbons (Fsp3) is 0.440. The minimum absolute atomic E-state index is 0.115. The van der Waals surface area contributed by atoms with Crippen LogP contribution in [0.15, 0.2) is 36.5 Å². The highest BCUT2D eigenvalue weighted by Gasteiger charge is 2.34. The van der Waals surface area contributed by atoms with E-state index in [9.17, 15) is 9.90 Å². The summed E-state index contributed by atoms with van der Waals surface area (Å²) in [5, 5.41) is 11.0. The molecule has 29 heavy (non-hydrogen) atoms. The number of hydrogen-bond donors (Lipinski definition) is 1. The van der Waals surface area contributed by atoms with Crippen molar-refractivity contribution in [2.24, 2.45) is 5.92 Å². The number of phenols is 1. The number of ketones is 1. The Kier molecular flexibility index (Phi) is 4.38. The Bertz CT molecular complexity index is 1070. The summed E-state index contributed by atoms with van der Waals surface area (Å²) < 4.78 is 1.91. The van der Waals surface area contributed by atoms with Gasteiger partial charge in [-0.1, -0.05) is 47.6 Å². The molecular weight excluding hydrogens is 360 g/mol. The summed E-state index contributed by atoms with van der Waals surface area (Å²) >= 11 is 0. The van der Waals surface area contributed by atoms with Crippen molar-refractivity contribution in [2.75, 3.05) is 0 Å². The standard InChI is InChI=1S/C25H30N2O2/c1-24(2,3)17-13-16(14-18(22(17)29)25(4,5)6)20-19-9-7-8-12-27(19)23(26-20)21(28)15-10-11-15/h7-9,12-15,29H,10-11H2,1-6H3. The first kappa shape index (κ1) is 19.7. The Morgan fingerprint density at radius 2 is 1.62 bits per heavy atom. The molecular formula is C25H30N2O2. The molecule has 0 aliphatic heterocycles. The molecule has 0 atom stereocenters. The summed E-state index contributed by atoms with van der Waals surface area (Å²) in [4.78, 5) is 17.7. The molecule has 0 bridgehead atoms. The number of fused-ring (bicyclic) bond motifs is 1. The number of Topliss-reactive ketones (excluding diaryl/α,β-unsaturated/α-hetero) is 1. The van der Waals surface area contributed by atoms with E-state index in [-0.39, 0.29) is 22.5 Å². The molecule has 2 heterocycles. The van der Waals surface area contributed by atoms with Crippen LogP contribution in [0.25, 0.3) is 16.8 Å². The first-order chi connectivity index (χ1) is 13.5. The molecule has 0 spiro atoms. The molecule has 1 aromatic carbocycles. The van der Waals surface area contributed by atoms with Gasteiger partial charge in [-0.25, -0.2) is 4.98 Å². The molecule has 1 N–H and O–H groups in total. The largest absolute Gasteiger partial charge is 0.507 e. The molecule has 4 rings (SSSR count). The van der Waals surface area contributed by atoms with E-state index in [4.69, 9.17) is 4.98 Å². The normalized spacial score (nSPS) is 15.1. The molecule has 2 aromatic heterocycles. The third-order valence-electron chi connectivity index (χ3n) is 5.72. The van der Waals surface area contributed by atoms with Crippen molar-refractivity contribution in [3.8, 4) is 17.0 Å². The summed E-state index contributed by atoms with van der Waals surface area (Å²) in [7, 11) is 0. The summed E-state index contributed by atoms with van der Waals surface area (Å²) in [6.07, 6.45) is 3.83. The smallest absolute Gasteiger partial charge is 0.201 e. The van der Waals surface area contributed by atoms with E-state index in [2.05, 4.69) is 41.5 Å². The SMILES string of the molecule is CC(C)(C)c1cc(-c2nc(C(=O)C3CC3)n3ccccc23)cc(C(C)(C)C)c1O. The van der Waals surface area contributed by atoms with Gasteiger partial charge in [0.25, 0.3) is 0 Å². The Morgan fingerprint density at radius 1 is 1.03 bits per heavy atom. The third kappa shape index (κ3) is 3.45. The Balaban J connectivity index is 2.00. The van der Waals surface area contributed by atoms with Gasteiger partial charge in [-0.15, -0.1) is 0 Å². The molecule has 0 saturated heterocycles. The van der Waals surface area contributed by atoms with Crippen LogP contribution in [0.4, 0.5) is 0 Å². The predicted molar refractivity (Wildman–Crippen MR) is 117 cm³/mol. The van der Waals surface area contributed by atoms with Crippen LogP contribution >= 0.6 is 0 Å². The number of hydrogen-bond acceptors (Lipinski definition) is 3. The van der Waals surface area contributed by atoms with Gasteiger partial charge in [0.2, 0.25) is 5.78 Å². The Labute approximate surface area is 172 Å². The average molecular weight is 391 g/mol. The summed E-state index contributed by atoms with van der Waals surface area (Å²) in [6.45, 7) is 12.6. The number of carbonyl (C=O) groups is 1. The van der Waals surface area contributed by atoms with Gasteiger partial charge in [-0.2, -0.15) is 0 Å². The van der Waals surface area contributed by atoms with E-state index in [1.165, 1.54) is 0 Å². The van der Waals surface area contributed by atoms with Gasteiger partial charge in [-0.3, -0.25) is 9.20 Å². The van der Waals surface area contributed by atoms with Crippen molar-refractivity contribution < 1.29 is 9.90 Å². The number of aromatic nitrogens is 2. The minimum atomic E-state index is -0.220. The number of benzene rings is 1. The third-order valence-corrected chi connectivity index (χ3v) is 5.72. The topological polar surface area (TPSA) is 54.6 Å². The lowest BCUT2D eigenvalue weighted by molar-refractivity contribution is 0.0957. The van der Waals surface area contributed by atoms with E-state index in [0.717, 1.165) is 40.7 Å². The highest BCUT2D eigenvalue weighted by Crippen LogP contribution is 2.43. The number of rotatable bonds is 3. The molecule has 1 fully saturated rings. The second kappa shape index (κ2) is 6.45. The van der Waals surface area contributed by atoms with Crippen LogP contribution in [-0.2, 0) is 10.8 Å². The van der Waals surface area contributed by atoms with E-state index in [1.807, 2.05) is 40.9 Å². The van der Waals surface area contributed by atoms with Crippen LogP contribution < -0.4 is 0 Å². The first-order valence-electron chi connectivity index (χ1n) is 10.4. The van der Waals surface area contributed by atoms with Gasteiger partial charge in [0, 0.05) is 28.8 Å². The Hall–Kier alpha value is -2.62. The highest BCUT2D eigenvalue weighted by atomic mass is 16.3. The maximum absolute atomic E-state index is 12.8. The maximum atomic E-state index is 12.8. The van der Waals surface area contributed by atoms with Crippen molar-refractivity contribution in [3.05, 3.63) is 53.5 Å². The predicted octanol–water partition coefficient (Wildman–Crippen LogP) is 5.89. The van der Waals surface area contributed by atoms with Crippen molar-refractivity contribution in [2.45, 2.75) is 65.2 Å². The number of pyridine rings is 1. The van der Waals surface area contributed by atoms with Crippen molar-refractivity contribution in [1.82, 2.24) is 9.38 Å². The number of carbonyl (C=O) groups excluding carboxylic acids is 1. The van der Waals surface area contributed by atoms with Gasteiger partial charge < -0.3 is 5.11 Å². The van der Waals surface area contributed by atoms with E-state index in [0.29, 0.717) is 11.6 Å². The quantitative estimate of drug-likeness (QED) is 0.567. The van der Waals surface area contributed by atoms with Gasteiger partial charge >= 0.3 is 0 Å². The molecule has 0 radical (unpaired) electrons. The lowest BCUT2D eigenvalue weighted by Gasteiger charge is -2.28. The molecule has 0 unspecified atom stereocenters. The zero-order valence-electron chi connectivity index (χ0n) is 18.2. The molecule has 1 aliphatic rings. The van der Waals surface area contributed by atoms with Crippen LogP contribution in [-0.4, -0.2) is 20.3 Å². The number of phenolic OH excluding ortho intramolecular Hbond substituents is 1. The molecule has 1 saturated carbocycles. The minimum Gasteiger partial charge on any atom is -0.507 e. The summed E-state index contributed by atoms with van der Waals surface area (Å²) in [5.74, 6) is 1.11. The van der Waals surface area contributed by atoms with Gasteiger partial charge in [0.05, 0.1) is 11.2 Å². The molecule has 3 aromatic rings. The average Bonchev–Trinajstić information content (AvgIpc) is 3.40. The first-order valence-corrected chi connectivity index (χ1v) is 10.4. The van der Waals surface area contributed by atoms with Crippen molar-refractivity contribution in [3.63, 3.8) is 0 Å². The zero-order chi connectivity index (χ0) is 21.1. The zero-order valence-corrected chi connectivity index (χ0v) is 18.2. The maximum Gasteiger partial charge on any atom is 0.201 e. The second-order valence-electron chi connectivity index (χ2n) is 10.3. The molecule has 4 nitrogen and oxygen atoms in total. The Morgan fingerprint density at radius 3 is 2.14 bits per heavy atom. The van der Waals surface area contributed by atoms with E-state index >= 15 is 0 Å². The number of imidazole rings is 1. The van der Waals surface area contributed by atoms with Crippen LogP contribution in [0.3, 0.4) is 0 Å². The van der Waals surface area contributed by atoms with Crippen molar-refractivity contribution in [1.29, 1.82) is 0 Å². The lowest BCUT2D eigenvalue weighted by Crippen LogP contribution is -2.17. The number of nitrogens with zero attached hydrogens (tertiary/aromatic N) is 2. The summed E-state index contributed by atoms with van der Waals surface area (Å²) in [6, 6.07) is 9.98. The lowest BCUT2D eigenvalue weighted by atomic mass is 9.78. The number of aromatic hydroxyl groups is 1. The van der Waals surface area contributed by atoms with Crippen molar-refractivity contribution >= 4 is 11.3 Å². The molecule has 4 heteroatoms.